The van der Waals surface area contributed by atoms with E-state index in [1.807, 2.05) is 18.4 Å². The first-order valence-electron chi connectivity index (χ1n) is 9.40. The van der Waals surface area contributed by atoms with Gasteiger partial charge >= 0.3 is 5.97 Å². The number of benzene rings is 2. The van der Waals surface area contributed by atoms with Crippen LogP contribution in [0, 0.1) is 26.6 Å². The standard InChI is InChI=1S/C23H24ClFN2O2/c1-14-4-6-17(7-5-14)11-26-12-20-15(2)27(16(3)22(20)23(28)29)13-18-8-9-19(25)10-21(18)24/h4-10,26H,11-13H2,1-3H3,(H,28,29). The molecule has 0 unspecified atom stereocenters. The average Bonchev–Trinajstić information content (AvgIpc) is 2.89. The molecule has 0 aliphatic carbocycles. The molecule has 1 heterocycles. The van der Waals surface area contributed by atoms with Crippen molar-refractivity contribution >= 4 is 17.6 Å². The summed E-state index contributed by atoms with van der Waals surface area (Å²) in [5, 5.41) is 13.4. The molecule has 6 heteroatoms. The number of nitrogens with one attached hydrogen (secondary N) is 1. The zero-order valence-corrected chi connectivity index (χ0v) is 17.5. The molecule has 3 aromatic rings. The second-order valence-corrected chi connectivity index (χ2v) is 7.65. The van der Waals surface area contributed by atoms with Gasteiger partial charge in [-0.15, -0.1) is 0 Å². The molecule has 2 N–H and O–H groups in total. The maximum absolute atomic E-state index is 13.3. The van der Waals surface area contributed by atoms with Gasteiger partial charge in [-0.3, -0.25) is 0 Å². The Labute approximate surface area is 174 Å². The van der Waals surface area contributed by atoms with Gasteiger partial charge in [0, 0.05) is 41.6 Å². The fourth-order valence-corrected chi connectivity index (χ4v) is 3.77. The molecule has 29 heavy (non-hydrogen) atoms. The lowest BCUT2D eigenvalue weighted by atomic mass is 10.1. The van der Waals surface area contributed by atoms with Gasteiger partial charge in [-0.1, -0.05) is 47.5 Å². The first kappa shape index (κ1) is 21.1. The number of carbonyl (C=O) groups is 1. The molecule has 0 fully saturated rings. The Balaban J connectivity index is 1.85. The normalized spacial score (nSPS) is 11.1. The Morgan fingerprint density at radius 1 is 1.07 bits per heavy atom. The highest BCUT2D eigenvalue weighted by atomic mass is 35.5. The second kappa shape index (κ2) is 8.80. The summed E-state index contributed by atoms with van der Waals surface area (Å²) in [5.41, 5.74) is 5.64. The van der Waals surface area contributed by atoms with E-state index in [-0.39, 0.29) is 0 Å². The molecular weight excluding hydrogens is 391 g/mol. The lowest BCUT2D eigenvalue weighted by Gasteiger charge is -2.12. The van der Waals surface area contributed by atoms with Crippen molar-refractivity contribution < 1.29 is 14.3 Å². The van der Waals surface area contributed by atoms with Crippen molar-refractivity contribution in [3.05, 3.63) is 92.5 Å². The zero-order valence-electron chi connectivity index (χ0n) is 16.7. The van der Waals surface area contributed by atoms with Crippen LogP contribution in [0.3, 0.4) is 0 Å². The predicted octanol–water partition coefficient (Wildman–Crippen LogP) is 5.24. The quantitative estimate of drug-likeness (QED) is 0.555. The number of hydrogen-bond donors (Lipinski definition) is 2. The number of aromatic nitrogens is 1. The molecule has 1 aromatic heterocycles. The largest absolute Gasteiger partial charge is 0.478 e. The Morgan fingerprint density at radius 3 is 2.38 bits per heavy atom. The SMILES string of the molecule is Cc1ccc(CNCc2c(C(=O)O)c(C)n(Cc3ccc(F)cc3Cl)c2C)cc1. The number of halogens is 2. The predicted molar refractivity (Wildman–Crippen MR) is 113 cm³/mol. The highest BCUT2D eigenvalue weighted by molar-refractivity contribution is 6.31. The van der Waals surface area contributed by atoms with Crippen LogP contribution in [0.4, 0.5) is 4.39 Å². The fraction of sp³-hybridized carbons (Fsp3) is 0.261. The molecule has 0 saturated carbocycles. The summed E-state index contributed by atoms with van der Waals surface area (Å²) in [4.78, 5) is 11.9. The van der Waals surface area contributed by atoms with E-state index in [4.69, 9.17) is 11.6 Å². The third kappa shape index (κ3) is 4.69. The Kier molecular flexibility index (Phi) is 6.40. The Bertz CT molecular complexity index is 1040. The van der Waals surface area contributed by atoms with Crippen LogP contribution in [0.1, 0.15) is 44.0 Å². The number of carboxylic acid groups (broad SMARTS) is 1. The van der Waals surface area contributed by atoms with E-state index in [1.165, 1.54) is 17.7 Å². The molecule has 0 amide bonds. The summed E-state index contributed by atoms with van der Waals surface area (Å²) in [5.74, 6) is -1.35. The third-order valence-electron chi connectivity index (χ3n) is 5.22. The summed E-state index contributed by atoms with van der Waals surface area (Å²) in [7, 11) is 0. The van der Waals surface area contributed by atoms with Crippen molar-refractivity contribution in [1.29, 1.82) is 0 Å². The molecule has 152 valence electrons. The third-order valence-corrected chi connectivity index (χ3v) is 5.57. The number of nitrogens with zero attached hydrogens (tertiary/aromatic N) is 1. The Morgan fingerprint density at radius 2 is 1.76 bits per heavy atom. The number of aryl methyl sites for hydroxylation is 1. The van der Waals surface area contributed by atoms with Crippen molar-refractivity contribution in [3.8, 4) is 0 Å². The Hall–Kier alpha value is -2.63. The van der Waals surface area contributed by atoms with Crippen molar-refractivity contribution in [2.75, 3.05) is 0 Å². The number of carboxylic acids is 1. The first-order valence-corrected chi connectivity index (χ1v) is 9.77. The van der Waals surface area contributed by atoms with Crippen LogP contribution in [-0.2, 0) is 19.6 Å². The van der Waals surface area contributed by atoms with Gasteiger partial charge in [-0.25, -0.2) is 9.18 Å². The number of rotatable bonds is 7. The van der Waals surface area contributed by atoms with Crippen LogP contribution in [0.2, 0.25) is 5.02 Å². The lowest BCUT2D eigenvalue weighted by Crippen LogP contribution is -2.15. The monoisotopic (exact) mass is 414 g/mol. The van der Waals surface area contributed by atoms with Gasteiger partial charge in [-0.05, 0) is 44.0 Å². The highest BCUT2D eigenvalue weighted by Gasteiger charge is 2.22. The fourth-order valence-electron chi connectivity index (χ4n) is 3.54. The number of hydrogen-bond acceptors (Lipinski definition) is 2. The average molecular weight is 415 g/mol. The van der Waals surface area contributed by atoms with E-state index >= 15 is 0 Å². The van der Waals surface area contributed by atoms with Crippen molar-refractivity contribution in [2.24, 2.45) is 0 Å². The molecular formula is C23H24ClFN2O2. The maximum Gasteiger partial charge on any atom is 0.337 e. The maximum atomic E-state index is 13.3. The van der Waals surface area contributed by atoms with E-state index < -0.39 is 11.8 Å². The van der Waals surface area contributed by atoms with E-state index in [9.17, 15) is 14.3 Å². The molecule has 0 atom stereocenters. The van der Waals surface area contributed by atoms with Gasteiger partial charge in [0.15, 0.2) is 0 Å². The molecule has 0 aliphatic heterocycles. The van der Waals surface area contributed by atoms with E-state index in [2.05, 4.69) is 29.6 Å². The lowest BCUT2D eigenvalue weighted by molar-refractivity contribution is 0.0694. The van der Waals surface area contributed by atoms with E-state index in [0.717, 1.165) is 22.4 Å². The van der Waals surface area contributed by atoms with Crippen LogP contribution < -0.4 is 5.32 Å². The minimum atomic E-state index is -0.957. The minimum absolute atomic E-state index is 0.303. The van der Waals surface area contributed by atoms with Crippen LogP contribution in [0.15, 0.2) is 42.5 Å². The topological polar surface area (TPSA) is 54.3 Å². The van der Waals surface area contributed by atoms with Gasteiger partial charge in [0.05, 0.1) is 5.56 Å². The van der Waals surface area contributed by atoms with Gasteiger partial charge < -0.3 is 15.0 Å². The van der Waals surface area contributed by atoms with Crippen LogP contribution >= 0.6 is 11.6 Å². The van der Waals surface area contributed by atoms with Gasteiger partial charge in [0.2, 0.25) is 0 Å². The van der Waals surface area contributed by atoms with E-state index in [1.54, 1.807) is 13.0 Å². The summed E-state index contributed by atoms with van der Waals surface area (Å²) in [6.45, 7) is 7.20. The van der Waals surface area contributed by atoms with Crippen molar-refractivity contribution in [1.82, 2.24) is 9.88 Å². The molecule has 0 radical (unpaired) electrons. The van der Waals surface area contributed by atoms with Crippen LogP contribution in [0.25, 0.3) is 0 Å². The van der Waals surface area contributed by atoms with Gasteiger partial charge in [0.25, 0.3) is 0 Å². The van der Waals surface area contributed by atoms with Crippen molar-refractivity contribution in [3.63, 3.8) is 0 Å². The molecule has 2 aromatic carbocycles. The molecule has 0 bridgehead atoms. The van der Waals surface area contributed by atoms with Gasteiger partial charge in [0.1, 0.15) is 5.82 Å². The first-order chi connectivity index (χ1) is 13.8. The molecule has 0 saturated heterocycles. The van der Waals surface area contributed by atoms with Crippen molar-refractivity contribution in [2.45, 2.75) is 40.4 Å². The molecule has 0 spiro atoms. The summed E-state index contributed by atoms with van der Waals surface area (Å²) in [6, 6.07) is 12.5. The van der Waals surface area contributed by atoms with E-state index in [0.29, 0.717) is 35.9 Å². The molecule has 0 aliphatic rings. The highest BCUT2D eigenvalue weighted by Crippen LogP contribution is 2.26. The summed E-state index contributed by atoms with van der Waals surface area (Å²) < 4.78 is 15.3. The summed E-state index contributed by atoms with van der Waals surface area (Å²) >= 11 is 6.17. The minimum Gasteiger partial charge on any atom is -0.478 e. The summed E-state index contributed by atoms with van der Waals surface area (Å²) in [6.07, 6.45) is 0. The molecule has 3 rings (SSSR count). The van der Waals surface area contributed by atoms with Crippen LogP contribution in [-0.4, -0.2) is 15.6 Å². The number of aromatic carboxylic acids is 1. The van der Waals surface area contributed by atoms with Gasteiger partial charge in [-0.2, -0.15) is 0 Å². The zero-order chi connectivity index (χ0) is 21.1. The molecule has 4 nitrogen and oxygen atoms in total. The second-order valence-electron chi connectivity index (χ2n) is 7.24. The smallest absolute Gasteiger partial charge is 0.337 e. The van der Waals surface area contributed by atoms with Crippen LogP contribution in [0.5, 0.6) is 0 Å².